The van der Waals surface area contributed by atoms with E-state index in [1.54, 1.807) is 7.05 Å². The summed E-state index contributed by atoms with van der Waals surface area (Å²) in [4.78, 5) is 6.48. The van der Waals surface area contributed by atoms with Gasteiger partial charge in [-0.15, -0.1) is 0 Å². The average Bonchev–Trinajstić information content (AvgIpc) is 2.56. The van der Waals surface area contributed by atoms with E-state index in [1.165, 1.54) is 11.8 Å². The third kappa shape index (κ3) is 10.8. The molecule has 6 nitrogen and oxygen atoms in total. The summed E-state index contributed by atoms with van der Waals surface area (Å²) in [5.41, 5.74) is 1.31. The van der Waals surface area contributed by atoms with E-state index in [9.17, 15) is 8.42 Å². The first-order valence-electron chi connectivity index (χ1n) is 8.67. The molecule has 0 aliphatic carbocycles. The fourth-order valence-electron chi connectivity index (χ4n) is 2.42. The van der Waals surface area contributed by atoms with Crippen molar-refractivity contribution in [3.8, 4) is 0 Å². The standard InChI is InChI=1S/C18H32N4O2S/c1-16(11-14-25(4,23)24)21-18(19-2)20-12-8-13-22(3)15-17-9-6-5-7-10-17/h5-7,9-10,16H,8,11-15H2,1-4H3,(H2,19,20,21). The van der Waals surface area contributed by atoms with Gasteiger partial charge >= 0.3 is 0 Å². The van der Waals surface area contributed by atoms with E-state index >= 15 is 0 Å². The minimum atomic E-state index is -2.92. The highest BCUT2D eigenvalue weighted by Gasteiger charge is 2.09. The summed E-state index contributed by atoms with van der Waals surface area (Å²) in [6.45, 7) is 4.71. The monoisotopic (exact) mass is 368 g/mol. The van der Waals surface area contributed by atoms with Crippen LogP contribution in [-0.2, 0) is 16.4 Å². The lowest BCUT2D eigenvalue weighted by Gasteiger charge is -2.19. The predicted molar refractivity (Wildman–Crippen MR) is 106 cm³/mol. The summed E-state index contributed by atoms with van der Waals surface area (Å²) >= 11 is 0. The second-order valence-corrected chi connectivity index (χ2v) is 8.80. The summed E-state index contributed by atoms with van der Waals surface area (Å²) in [6.07, 6.45) is 2.83. The van der Waals surface area contributed by atoms with E-state index in [2.05, 4.69) is 51.8 Å². The van der Waals surface area contributed by atoms with Crippen LogP contribution in [-0.4, -0.2) is 64.5 Å². The molecule has 2 N–H and O–H groups in total. The van der Waals surface area contributed by atoms with E-state index in [-0.39, 0.29) is 11.8 Å². The maximum atomic E-state index is 11.2. The van der Waals surface area contributed by atoms with Crippen LogP contribution in [0.5, 0.6) is 0 Å². The molecule has 142 valence electrons. The zero-order chi connectivity index (χ0) is 18.7. The van der Waals surface area contributed by atoms with Crippen molar-refractivity contribution in [3.63, 3.8) is 0 Å². The van der Waals surface area contributed by atoms with Gasteiger partial charge in [-0.25, -0.2) is 8.42 Å². The second kappa shape index (κ2) is 11.1. The van der Waals surface area contributed by atoms with Crippen LogP contribution < -0.4 is 10.6 Å². The van der Waals surface area contributed by atoms with Crippen LogP contribution in [0.15, 0.2) is 35.3 Å². The third-order valence-corrected chi connectivity index (χ3v) is 4.81. The second-order valence-electron chi connectivity index (χ2n) is 6.54. The first kappa shape index (κ1) is 21.4. The SMILES string of the molecule is CN=C(NCCCN(C)Cc1ccccc1)NC(C)CCS(C)(=O)=O. The van der Waals surface area contributed by atoms with E-state index in [0.717, 1.165) is 26.1 Å². The Balaban J connectivity index is 2.22. The van der Waals surface area contributed by atoms with Crippen LogP contribution in [0.1, 0.15) is 25.3 Å². The molecule has 0 bridgehead atoms. The van der Waals surface area contributed by atoms with E-state index in [1.807, 2.05) is 13.0 Å². The molecule has 0 saturated heterocycles. The highest BCUT2D eigenvalue weighted by atomic mass is 32.2. The van der Waals surface area contributed by atoms with E-state index in [0.29, 0.717) is 12.4 Å². The molecule has 1 atom stereocenters. The largest absolute Gasteiger partial charge is 0.356 e. The quantitative estimate of drug-likeness (QED) is 0.372. The van der Waals surface area contributed by atoms with Crippen molar-refractivity contribution in [1.29, 1.82) is 0 Å². The number of guanidine groups is 1. The summed E-state index contributed by atoms with van der Waals surface area (Å²) in [5.74, 6) is 0.898. The normalized spacial score (nSPS) is 13.7. The Kier molecular flexibility index (Phi) is 9.52. The van der Waals surface area contributed by atoms with Crippen LogP contribution in [0.2, 0.25) is 0 Å². The Hall–Kier alpha value is -1.60. The zero-order valence-electron chi connectivity index (χ0n) is 15.8. The molecule has 0 aliphatic heterocycles. The maximum Gasteiger partial charge on any atom is 0.191 e. The van der Waals surface area contributed by atoms with Crippen molar-refractivity contribution in [1.82, 2.24) is 15.5 Å². The maximum absolute atomic E-state index is 11.2. The van der Waals surface area contributed by atoms with Gasteiger partial charge in [-0.1, -0.05) is 30.3 Å². The lowest BCUT2D eigenvalue weighted by Crippen LogP contribution is -2.43. The number of rotatable bonds is 10. The minimum Gasteiger partial charge on any atom is -0.356 e. The molecule has 7 heteroatoms. The average molecular weight is 369 g/mol. The molecule has 1 rings (SSSR count). The Morgan fingerprint density at radius 3 is 2.56 bits per heavy atom. The van der Waals surface area contributed by atoms with E-state index < -0.39 is 9.84 Å². The fourth-order valence-corrected chi connectivity index (χ4v) is 3.20. The molecule has 0 radical (unpaired) electrons. The first-order valence-corrected chi connectivity index (χ1v) is 10.7. The summed E-state index contributed by atoms with van der Waals surface area (Å²) in [5, 5.41) is 6.51. The van der Waals surface area contributed by atoms with Crippen LogP contribution in [0.3, 0.4) is 0 Å². The number of hydrogen-bond donors (Lipinski definition) is 2. The molecule has 0 aromatic heterocycles. The van der Waals surface area contributed by atoms with Crippen molar-refractivity contribution < 1.29 is 8.42 Å². The number of benzene rings is 1. The van der Waals surface area contributed by atoms with Gasteiger partial charge in [0.15, 0.2) is 5.96 Å². The molecule has 25 heavy (non-hydrogen) atoms. The lowest BCUT2D eigenvalue weighted by molar-refractivity contribution is 0.322. The Labute approximate surface area is 152 Å². The number of sulfone groups is 1. The van der Waals surface area contributed by atoms with Crippen LogP contribution >= 0.6 is 0 Å². The van der Waals surface area contributed by atoms with Gasteiger partial charge in [-0.2, -0.15) is 0 Å². The summed E-state index contributed by atoms with van der Waals surface area (Å²) in [6, 6.07) is 10.5. The molecule has 0 aliphatic rings. The molecule has 0 fully saturated rings. The Morgan fingerprint density at radius 2 is 1.96 bits per heavy atom. The van der Waals surface area contributed by atoms with Crippen molar-refractivity contribution in [2.45, 2.75) is 32.4 Å². The smallest absolute Gasteiger partial charge is 0.191 e. The molecule has 1 unspecified atom stereocenters. The molecule has 0 amide bonds. The van der Waals surface area contributed by atoms with Gasteiger partial charge in [-0.3, -0.25) is 4.99 Å². The number of nitrogens with zero attached hydrogens (tertiary/aromatic N) is 2. The Morgan fingerprint density at radius 1 is 1.28 bits per heavy atom. The Bertz CT molecular complexity index is 617. The molecular formula is C18H32N4O2S. The van der Waals surface area contributed by atoms with Gasteiger partial charge in [0, 0.05) is 32.4 Å². The van der Waals surface area contributed by atoms with Gasteiger partial charge in [-0.05, 0) is 38.9 Å². The van der Waals surface area contributed by atoms with Crippen molar-refractivity contribution in [3.05, 3.63) is 35.9 Å². The van der Waals surface area contributed by atoms with Crippen molar-refractivity contribution in [2.75, 3.05) is 39.2 Å². The van der Waals surface area contributed by atoms with Crippen LogP contribution in [0.25, 0.3) is 0 Å². The molecule has 0 heterocycles. The highest BCUT2D eigenvalue weighted by molar-refractivity contribution is 7.90. The predicted octanol–water partition coefficient (Wildman–Crippen LogP) is 1.50. The molecular weight excluding hydrogens is 336 g/mol. The van der Waals surface area contributed by atoms with Gasteiger partial charge in [0.1, 0.15) is 9.84 Å². The fraction of sp³-hybridized carbons (Fsp3) is 0.611. The number of aliphatic imine (C=N–C) groups is 1. The van der Waals surface area contributed by atoms with E-state index in [4.69, 9.17) is 0 Å². The van der Waals surface area contributed by atoms with Gasteiger partial charge < -0.3 is 15.5 Å². The molecule has 0 saturated carbocycles. The van der Waals surface area contributed by atoms with Crippen molar-refractivity contribution in [2.24, 2.45) is 4.99 Å². The van der Waals surface area contributed by atoms with Gasteiger partial charge in [0.05, 0.1) is 5.75 Å². The highest BCUT2D eigenvalue weighted by Crippen LogP contribution is 2.02. The zero-order valence-corrected chi connectivity index (χ0v) is 16.6. The topological polar surface area (TPSA) is 73.8 Å². The van der Waals surface area contributed by atoms with Crippen LogP contribution in [0.4, 0.5) is 0 Å². The summed E-state index contributed by atoms with van der Waals surface area (Å²) < 4.78 is 22.4. The molecule has 1 aromatic carbocycles. The summed E-state index contributed by atoms with van der Waals surface area (Å²) in [7, 11) is 0.917. The molecule has 0 spiro atoms. The molecule has 1 aromatic rings. The number of nitrogens with one attached hydrogen (secondary N) is 2. The minimum absolute atomic E-state index is 0.0571. The third-order valence-electron chi connectivity index (χ3n) is 3.83. The van der Waals surface area contributed by atoms with Crippen LogP contribution in [0, 0.1) is 0 Å². The first-order chi connectivity index (χ1) is 11.8. The van der Waals surface area contributed by atoms with Gasteiger partial charge in [0.25, 0.3) is 0 Å². The lowest BCUT2D eigenvalue weighted by atomic mass is 10.2. The van der Waals surface area contributed by atoms with Gasteiger partial charge in [0.2, 0.25) is 0 Å². The van der Waals surface area contributed by atoms with Crippen molar-refractivity contribution >= 4 is 15.8 Å². The number of hydrogen-bond acceptors (Lipinski definition) is 4.